The summed E-state index contributed by atoms with van der Waals surface area (Å²) in [5.41, 5.74) is 7.90. The van der Waals surface area contributed by atoms with Crippen LogP contribution in [0.3, 0.4) is 0 Å². The highest BCUT2D eigenvalue weighted by atomic mass is 16.5. The van der Waals surface area contributed by atoms with Crippen molar-refractivity contribution in [1.82, 2.24) is 0 Å². The van der Waals surface area contributed by atoms with Gasteiger partial charge in [-0.25, -0.2) is 0 Å². The topological polar surface area (TPSA) is 68.3 Å². The van der Waals surface area contributed by atoms with E-state index in [1.807, 2.05) is 24.3 Å². The second kappa shape index (κ2) is 5.78. The molecule has 2 aromatic rings. The van der Waals surface area contributed by atoms with E-state index in [9.17, 15) is 0 Å². The van der Waals surface area contributed by atoms with Gasteiger partial charge in [0.05, 0.1) is 18.7 Å². The zero-order valence-electron chi connectivity index (χ0n) is 10.6. The molecular formula is C15H14N2O2. The third-order valence-corrected chi connectivity index (χ3v) is 2.67. The first kappa shape index (κ1) is 12.8. The lowest BCUT2D eigenvalue weighted by molar-refractivity contribution is 0.284. The summed E-state index contributed by atoms with van der Waals surface area (Å²) in [5.74, 6) is 1.16. The molecule has 0 aromatic heterocycles. The first-order valence-electron chi connectivity index (χ1n) is 5.78. The van der Waals surface area contributed by atoms with Gasteiger partial charge in [-0.2, -0.15) is 5.26 Å². The van der Waals surface area contributed by atoms with Gasteiger partial charge in [0, 0.05) is 11.8 Å². The Hall–Kier alpha value is -2.67. The number of nitrogen functional groups attached to an aromatic ring is 1. The van der Waals surface area contributed by atoms with Crippen molar-refractivity contribution in [3.8, 4) is 17.6 Å². The molecule has 0 unspecified atom stereocenters. The lowest BCUT2D eigenvalue weighted by Gasteiger charge is -2.11. The average molecular weight is 254 g/mol. The molecule has 0 amide bonds. The van der Waals surface area contributed by atoms with Crippen molar-refractivity contribution >= 4 is 5.69 Å². The minimum atomic E-state index is 0.419. The van der Waals surface area contributed by atoms with Crippen LogP contribution in [0.25, 0.3) is 0 Å². The second-order valence-corrected chi connectivity index (χ2v) is 4.01. The number of nitriles is 1. The van der Waals surface area contributed by atoms with E-state index in [0.29, 0.717) is 23.7 Å². The van der Waals surface area contributed by atoms with E-state index in [4.69, 9.17) is 20.5 Å². The molecule has 96 valence electrons. The highest BCUT2D eigenvalue weighted by molar-refractivity contribution is 5.47. The smallest absolute Gasteiger partial charge is 0.162 e. The highest BCUT2D eigenvalue weighted by Crippen LogP contribution is 2.28. The predicted octanol–water partition coefficient (Wildman–Crippen LogP) is 2.73. The van der Waals surface area contributed by atoms with E-state index in [0.717, 1.165) is 11.3 Å². The number of nitrogens with two attached hydrogens (primary N) is 1. The standard InChI is InChI=1S/C15H14N2O2/c1-18-15-8-12(9-16)4-7-14(15)19-10-11-2-5-13(17)6-3-11/h2-8H,10,17H2,1H3. The van der Waals surface area contributed by atoms with Crippen molar-refractivity contribution in [3.05, 3.63) is 53.6 Å². The molecule has 0 saturated heterocycles. The van der Waals surface area contributed by atoms with Crippen LogP contribution in [-0.2, 0) is 6.61 Å². The monoisotopic (exact) mass is 254 g/mol. The molecule has 0 aliphatic rings. The van der Waals surface area contributed by atoms with Gasteiger partial charge in [0.15, 0.2) is 11.5 Å². The van der Waals surface area contributed by atoms with Gasteiger partial charge < -0.3 is 15.2 Å². The van der Waals surface area contributed by atoms with Gasteiger partial charge in [0.1, 0.15) is 6.61 Å². The van der Waals surface area contributed by atoms with Crippen LogP contribution in [-0.4, -0.2) is 7.11 Å². The zero-order chi connectivity index (χ0) is 13.7. The third kappa shape index (κ3) is 3.17. The molecule has 2 rings (SSSR count). The first-order valence-corrected chi connectivity index (χ1v) is 5.78. The summed E-state index contributed by atoms with van der Waals surface area (Å²) in [5, 5.41) is 8.82. The molecule has 2 N–H and O–H groups in total. The van der Waals surface area contributed by atoms with Gasteiger partial charge >= 0.3 is 0 Å². The van der Waals surface area contributed by atoms with Gasteiger partial charge in [-0.15, -0.1) is 0 Å². The Kier molecular flexibility index (Phi) is 3.89. The minimum absolute atomic E-state index is 0.419. The van der Waals surface area contributed by atoms with E-state index < -0.39 is 0 Å². The van der Waals surface area contributed by atoms with Gasteiger partial charge in [0.2, 0.25) is 0 Å². The van der Waals surface area contributed by atoms with Crippen LogP contribution >= 0.6 is 0 Å². The number of anilines is 1. The van der Waals surface area contributed by atoms with Crippen LogP contribution in [0.4, 0.5) is 5.69 Å². The lowest BCUT2D eigenvalue weighted by Crippen LogP contribution is -1.98. The number of rotatable bonds is 4. The zero-order valence-corrected chi connectivity index (χ0v) is 10.6. The molecule has 2 aromatic carbocycles. The van der Waals surface area contributed by atoms with Crippen molar-refractivity contribution in [1.29, 1.82) is 5.26 Å². The number of ether oxygens (including phenoxy) is 2. The fourth-order valence-electron chi connectivity index (χ4n) is 1.63. The largest absolute Gasteiger partial charge is 0.493 e. The SMILES string of the molecule is COc1cc(C#N)ccc1OCc1ccc(N)cc1. The van der Waals surface area contributed by atoms with Crippen LogP contribution < -0.4 is 15.2 Å². The van der Waals surface area contributed by atoms with Gasteiger partial charge in [-0.1, -0.05) is 12.1 Å². The summed E-state index contributed by atoms with van der Waals surface area (Å²) in [6.07, 6.45) is 0. The van der Waals surface area contributed by atoms with Crippen molar-refractivity contribution in [2.24, 2.45) is 0 Å². The Balaban J connectivity index is 2.11. The molecule has 0 fully saturated rings. The van der Waals surface area contributed by atoms with Crippen molar-refractivity contribution < 1.29 is 9.47 Å². The number of benzene rings is 2. The van der Waals surface area contributed by atoms with Crippen molar-refractivity contribution in [2.75, 3.05) is 12.8 Å². The summed E-state index contributed by atoms with van der Waals surface area (Å²) in [6.45, 7) is 0.419. The van der Waals surface area contributed by atoms with E-state index in [1.165, 1.54) is 0 Å². The summed E-state index contributed by atoms with van der Waals surface area (Å²) in [6, 6.07) is 14.6. The van der Waals surface area contributed by atoms with Gasteiger partial charge in [-0.05, 0) is 29.8 Å². The predicted molar refractivity (Wildman–Crippen MR) is 72.9 cm³/mol. The molecule has 0 bridgehead atoms. The number of methoxy groups -OCH3 is 1. The summed E-state index contributed by atoms with van der Waals surface area (Å²) >= 11 is 0. The Morgan fingerprint density at radius 1 is 1.11 bits per heavy atom. The number of hydrogen-bond donors (Lipinski definition) is 1. The van der Waals surface area contributed by atoms with E-state index >= 15 is 0 Å². The average Bonchev–Trinajstić information content (AvgIpc) is 2.46. The third-order valence-electron chi connectivity index (χ3n) is 2.67. The van der Waals surface area contributed by atoms with Crippen LogP contribution in [0.5, 0.6) is 11.5 Å². The Labute approximate surface area is 112 Å². The quantitative estimate of drug-likeness (QED) is 0.852. The van der Waals surface area contributed by atoms with Crippen LogP contribution in [0, 0.1) is 11.3 Å². The van der Waals surface area contributed by atoms with Crippen LogP contribution in [0.15, 0.2) is 42.5 Å². The van der Waals surface area contributed by atoms with E-state index in [2.05, 4.69) is 6.07 Å². The van der Waals surface area contributed by atoms with E-state index in [-0.39, 0.29) is 0 Å². The Morgan fingerprint density at radius 2 is 1.84 bits per heavy atom. The number of nitrogens with zero attached hydrogens (tertiary/aromatic N) is 1. The lowest BCUT2D eigenvalue weighted by atomic mass is 10.2. The number of hydrogen-bond acceptors (Lipinski definition) is 4. The molecule has 0 heterocycles. The van der Waals surface area contributed by atoms with Crippen LogP contribution in [0.2, 0.25) is 0 Å². The molecular weight excluding hydrogens is 240 g/mol. The van der Waals surface area contributed by atoms with Crippen LogP contribution in [0.1, 0.15) is 11.1 Å². The fraction of sp³-hybridized carbons (Fsp3) is 0.133. The first-order chi connectivity index (χ1) is 9.22. The second-order valence-electron chi connectivity index (χ2n) is 4.01. The normalized spacial score (nSPS) is 9.68. The van der Waals surface area contributed by atoms with E-state index in [1.54, 1.807) is 25.3 Å². The molecule has 0 aliphatic heterocycles. The van der Waals surface area contributed by atoms with Crippen molar-refractivity contribution in [3.63, 3.8) is 0 Å². The molecule has 0 radical (unpaired) electrons. The van der Waals surface area contributed by atoms with Crippen molar-refractivity contribution in [2.45, 2.75) is 6.61 Å². The maximum Gasteiger partial charge on any atom is 0.162 e. The molecule has 0 aliphatic carbocycles. The molecule has 0 saturated carbocycles. The maximum absolute atomic E-state index is 8.82. The van der Waals surface area contributed by atoms with Gasteiger partial charge in [0.25, 0.3) is 0 Å². The summed E-state index contributed by atoms with van der Waals surface area (Å²) < 4.78 is 10.9. The fourth-order valence-corrected chi connectivity index (χ4v) is 1.63. The molecule has 4 heteroatoms. The maximum atomic E-state index is 8.82. The van der Waals surface area contributed by atoms with Gasteiger partial charge in [-0.3, -0.25) is 0 Å². The minimum Gasteiger partial charge on any atom is -0.493 e. The summed E-state index contributed by atoms with van der Waals surface area (Å²) in [4.78, 5) is 0. The highest BCUT2D eigenvalue weighted by Gasteiger charge is 2.06. The summed E-state index contributed by atoms with van der Waals surface area (Å²) in [7, 11) is 1.55. The molecule has 0 atom stereocenters. The Bertz CT molecular complexity index is 601. The molecule has 19 heavy (non-hydrogen) atoms. The Morgan fingerprint density at radius 3 is 2.47 bits per heavy atom. The molecule has 0 spiro atoms. The molecule has 4 nitrogen and oxygen atoms in total.